The lowest BCUT2D eigenvalue weighted by Crippen LogP contribution is -2.11. The molecule has 0 amide bonds. The van der Waals surface area contributed by atoms with Crippen LogP contribution in [0, 0.1) is 0 Å². The average molecular weight is 377 g/mol. The quantitative estimate of drug-likeness (QED) is 0.457. The van der Waals surface area contributed by atoms with Crippen molar-refractivity contribution in [2.24, 2.45) is 0 Å². The predicted molar refractivity (Wildman–Crippen MR) is 109 cm³/mol. The second-order valence-electron chi connectivity index (χ2n) is 7.01. The van der Waals surface area contributed by atoms with Crippen LogP contribution in [0.15, 0.2) is 43.0 Å². The summed E-state index contributed by atoms with van der Waals surface area (Å²) < 4.78 is 1.75. The highest BCUT2D eigenvalue weighted by Gasteiger charge is 2.15. The summed E-state index contributed by atoms with van der Waals surface area (Å²) in [6.45, 7) is 4.97. The van der Waals surface area contributed by atoms with Crippen LogP contribution in [-0.2, 0) is 6.54 Å². The standard InChI is InChI=1S/C20H23N7O/c1-13(2)24-20-16-8-14(15-9-22-23-10-15)4-5-18(16)21-11-17(20)19-12-27(26-25-19)6-3-7-28/h4-5,8-13,28H,3,6-7H2,1-2H3,(H,21,24)(H,22,23). The van der Waals surface area contributed by atoms with Gasteiger partial charge in [-0.15, -0.1) is 5.10 Å². The van der Waals surface area contributed by atoms with Crippen LogP contribution in [0.2, 0.25) is 0 Å². The number of hydrogen-bond donors (Lipinski definition) is 3. The van der Waals surface area contributed by atoms with E-state index in [0.29, 0.717) is 13.0 Å². The number of nitrogens with one attached hydrogen (secondary N) is 2. The van der Waals surface area contributed by atoms with Crippen molar-refractivity contribution in [3.63, 3.8) is 0 Å². The summed E-state index contributed by atoms with van der Waals surface area (Å²) in [7, 11) is 0. The number of aliphatic hydroxyl groups excluding tert-OH is 1. The van der Waals surface area contributed by atoms with Crippen molar-refractivity contribution in [3.8, 4) is 22.4 Å². The van der Waals surface area contributed by atoms with Crippen LogP contribution in [0.5, 0.6) is 0 Å². The first-order chi connectivity index (χ1) is 13.7. The van der Waals surface area contributed by atoms with E-state index >= 15 is 0 Å². The Morgan fingerprint density at radius 3 is 2.86 bits per heavy atom. The van der Waals surface area contributed by atoms with Gasteiger partial charge in [-0.3, -0.25) is 14.8 Å². The lowest BCUT2D eigenvalue weighted by molar-refractivity contribution is 0.276. The molecule has 0 unspecified atom stereocenters. The van der Waals surface area contributed by atoms with Crippen molar-refractivity contribution >= 4 is 16.6 Å². The number of benzene rings is 1. The van der Waals surface area contributed by atoms with Gasteiger partial charge in [-0.25, -0.2) is 0 Å². The molecule has 0 radical (unpaired) electrons. The molecule has 0 aliphatic carbocycles. The maximum absolute atomic E-state index is 9.03. The number of anilines is 1. The molecule has 4 aromatic rings. The number of hydrogen-bond acceptors (Lipinski definition) is 6. The minimum absolute atomic E-state index is 0.129. The van der Waals surface area contributed by atoms with Crippen LogP contribution in [0.4, 0.5) is 5.69 Å². The van der Waals surface area contributed by atoms with E-state index in [4.69, 9.17) is 5.11 Å². The SMILES string of the molecule is CC(C)Nc1c(-c2cn(CCCO)nn2)cnc2ccc(-c3cn[nH]c3)cc12. The smallest absolute Gasteiger partial charge is 0.116 e. The number of nitrogens with zero attached hydrogens (tertiary/aromatic N) is 5. The Morgan fingerprint density at radius 1 is 1.21 bits per heavy atom. The van der Waals surface area contributed by atoms with Crippen LogP contribution >= 0.6 is 0 Å². The van der Waals surface area contributed by atoms with Gasteiger partial charge in [-0.2, -0.15) is 5.10 Å². The number of aromatic nitrogens is 6. The summed E-state index contributed by atoms with van der Waals surface area (Å²) in [5, 5.41) is 29.0. The third kappa shape index (κ3) is 3.59. The molecule has 0 fully saturated rings. The van der Waals surface area contributed by atoms with Crippen molar-refractivity contribution in [3.05, 3.63) is 43.0 Å². The zero-order valence-corrected chi connectivity index (χ0v) is 15.9. The number of pyridine rings is 1. The Kier molecular flexibility index (Phi) is 5.03. The predicted octanol–water partition coefficient (Wildman–Crippen LogP) is 3.09. The molecule has 8 heteroatoms. The first-order valence-electron chi connectivity index (χ1n) is 9.35. The van der Waals surface area contributed by atoms with Crippen LogP contribution in [0.25, 0.3) is 33.3 Å². The second-order valence-corrected chi connectivity index (χ2v) is 7.01. The third-order valence-electron chi connectivity index (χ3n) is 4.49. The van der Waals surface area contributed by atoms with Gasteiger partial charge >= 0.3 is 0 Å². The third-order valence-corrected chi connectivity index (χ3v) is 4.49. The average Bonchev–Trinajstić information content (AvgIpc) is 3.38. The molecule has 4 rings (SSSR count). The summed E-state index contributed by atoms with van der Waals surface area (Å²) in [5.41, 5.74) is 5.65. The Bertz CT molecular complexity index is 1070. The number of rotatable bonds is 7. The normalized spacial score (nSPS) is 11.4. The molecule has 3 aromatic heterocycles. The largest absolute Gasteiger partial charge is 0.396 e. The summed E-state index contributed by atoms with van der Waals surface area (Å²) in [4.78, 5) is 4.64. The van der Waals surface area contributed by atoms with Crippen molar-refractivity contribution in [2.45, 2.75) is 32.9 Å². The van der Waals surface area contributed by atoms with Crippen molar-refractivity contribution in [1.82, 2.24) is 30.2 Å². The van der Waals surface area contributed by atoms with E-state index in [-0.39, 0.29) is 12.6 Å². The van der Waals surface area contributed by atoms with Crippen molar-refractivity contribution in [1.29, 1.82) is 0 Å². The lowest BCUT2D eigenvalue weighted by atomic mass is 10.0. The van der Waals surface area contributed by atoms with Gasteiger partial charge in [0.1, 0.15) is 5.69 Å². The Hall–Kier alpha value is -3.26. The van der Waals surface area contributed by atoms with Crippen molar-refractivity contribution < 1.29 is 5.11 Å². The van der Waals surface area contributed by atoms with Gasteiger partial charge in [0.25, 0.3) is 0 Å². The summed E-state index contributed by atoms with van der Waals surface area (Å²) >= 11 is 0. The lowest BCUT2D eigenvalue weighted by Gasteiger charge is -2.16. The summed E-state index contributed by atoms with van der Waals surface area (Å²) in [6.07, 6.45) is 8.06. The molecule has 0 saturated heterocycles. The first-order valence-corrected chi connectivity index (χ1v) is 9.35. The van der Waals surface area contributed by atoms with Gasteiger partial charge in [-0.1, -0.05) is 11.3 Å². The highest BCUT2D eigenvalue weighted by atomic mass is 16.3. The van der Waals surface area contributed by atoms with Crippen LogP contribution in [0.1, 0.15) is 20.3 Å². The van der Waals surface area contributed by atoms with Crippen LogP contribution < -0.4 is 5.32 Å². The fourth-order valence-electron chi connectivity index (χ4n) is 3.18. The molecule has 3 heterocycles. The first kappa shape index (κ1) is 18.1. The van der Waals surface area contributed by atoms with E-state index in [1.54, 1.807) is 10.9 Å². The van der Waals surface area contributed by atoms with Gasteiger partial charge in [0.05, 0.1) is 23.6 Å². The summed E-state index contributed by atoms with van der Waals surface area (Å²) in [6, 6.07) is 6.43. The van der Waals surface area contributed by atoms with Gasteiger partial charge < -0.3 is 10.4 Å². The zero-order chi connectivity index (χ0) is 19.5. The number of aliphatic hydroxyl groups is 1. The van der Waals surface area contributed by atoms with Gasteiger partial charge in [0.2, 0.25) is 0 Å². The van der Waals surface area contributed by atoms with E-state index < -0.39 is 0 Å². The highest BCUT2D eigenvalue weighted by molar-refractivity contribution is 6.00. The second kappa shape index (κ2) is 7.77. The van der Waals surface area contributed by atoms with Crippen LogP contribution in [-0.4, -0.2) is 47.9 Å². The van der Waals surface area contributed by atoms with E-state index in [1.807, 2.05) is 30.7 Å². The van der Waals surface area contributed by atoms with Crippen LogP contribution in [0.3, 0.4) is 0 Å². The Balaban J connectivity index is 1.84. The minimum Gasteiger partial charge on any atom is -0.396 e. The maximum Gasteiger partial charge on any atom is 0.116 e. The fraction of sp³-hybridized carbons (Fsp3) is 0.300. The molecule has 0 aliphatic rings. The fourth-order valence-corrected chi connectivity index (χ4v) is 3.18. The molecular formula is C20H23N7O. The van der Waals surface area contributed by atoms with Gasteiger partial charge in [0.15, 0.2) is 0 Å². The van der Waals surface area contributed by atoms with Gasteiger partial charge in [0, 0.05) is 48.1 Å². The Morgan fingerprint density at radius 2 is 2.11 bits per heavy atom. The van der Waals surface area contributed by atoms with E-state index in [9.17, 15) is 0 Å². The molecule has 0 spiro atoms. The number of H-pyrrole nitrogens is 1. The molecule has 0 saturated carbocycles. The van der Waals surface area contributed by atoms with Crippen molar-refractivity contribution in [2.75, 3.05) is 11.9 Å². The highest BCUT2D eigenvalue weighted by Crippen LogP contribution is 2.35. The maximum atomic E-state index is 9.03. The molecule has 8 nitrogen and oxygen atoms in total. The zero-order valence-electron chi connectivity index (χ0n) is 15.9. The number of aromatic amines is 1. The number of aryl methyl sites for hydroxylation is 1. The molecule has 28 heavy (non-hydrogen) atoms. The molecule has 1 aromatic carbocycles. The molecule has 3 N–H and O–H groups in total. The van der Waals surface area contributed by atoms with E-state index in [0.717, 1.165) is 39.0 Å². The topological polar surface area (TPSA) is 105 Å². The summed E-state index contributed by atoms with van der Waals surface area (Å²) in [5.74, 6) is 0. The molecule has 144 valence electrons. The minimum atomic E-state index is 0.129. The molecule has 0 bridgehead atoms. The Labute approximate surface area is 162 Å². The number of fused-ring (bicyclic) bond motifs is 1. The molecule has 0 atom stereocenters. The molecule has 0 aliphatic heterocycles. The molecular weight excluding hydrogens is 354 g/mol. The van der Waals surface area contributed by atoms with E-state index in [1.165, 1.54) is 0 Å². The van der Waals surface area contributed by atoms with E-state index in [2.05, 4.69) is 50.7 Å². The monoisotopic (exact) mass is 377 g/mol. The van der Waals surface area contributed by atoms with Gasteiger partial charge in [-0.05, 0) is 38.0 Å².